The first-order valence-electron chi connectivity index (χ1n) is 7.67. The van der Waals surface area contributed by atoms with Crippen molar-refractivity contribution in [2.45, 2.75) is 31.8 Å². The molecule has 1 saturated carbocycles. The summed E-state index contributed by atoms with van der Waals surface area (Å²) in [6, 6.07) is 3.49. The number of nitrogens with zero attached hydrogens (tertiary/aromatic N) is 2. The first-order chi connectivity index (χ1) is 10.3. The zero-order valence-corrected chi connectivity index (χ0v) is 12.5. The van der Waals surface area contributed by atoms with E-state index in [2.05, 4.69) is 4.98 Å². The van der Waals surface area contributed by atoms with Gasteiger partial charge in [-0.2, -0.15) is 0 Å². The van der Waals surface area contributed by atoms with Crippen molar-refractivity contribution in [3.8, 4) is 5.88 Å². The molecule has 1 aliphatic carbocycles. The number of likely N-dealkylation sites (tertiary alicyclic amines) is 1. The van der Waals surface area contributed by atoms with E-state index in [9.17, 15) is 4.79 Å². The maximum atomic E-state index is 12.4. The van der Waals surface area contributed by atoms with E-state index in [0.29, 0.717) is 17.5 Å². The van der Waals surface area contributed by atoms with Gasteiger partial charge in [0.2, 0.25) is 5.88 Å². The van der Waals surface area contributed by atoms with Crippen LogP contribution < -0.4 is 4.74 Å². The molecular formula is C16H22N2O3. The van der Waals surface area contributed by atoms with Gasteiger partial charge in [0.1, 0.15) is 0 Å². The number of aromatic nitrogens is 1. The van der Waals surface area contributed by atoms with Crippen LogP contribution in [0.25, 0.3) is 0 Å². The number of rotatable bonds is 5. The Morgan fingerprint density at radius 1 is 1.29 bits per heavy atom. The van der Waals surface area contributed by atoms with Gasteiger partial charge in [0.05, 0.1) is 18.8 Å². The molecule has 2 fully saturated rings. The van der Waals surface area contributed by atoms with Crippen LogP contribution in [0.4, 0.5) is 0 Å². The molecule has 0 spiro atoms. The SMILES string of the molecule is COc1ccc(C(=O)N2CCC(OCC3CC3)CC2)cn1. The summed E-state index contributed by atoms with van der Waals surface area (Å²) >= 11 is 0. The van der Waals surface area contributed by atoms with Crippen molar-refractivity contribution >= 4 is 5.91 Å². The minimum Gasteiger partial charge on any atom is -0.481 e. The van der Waals surface area contributed by atoms with Crippen LogP contribution in [-0.4, -0.2) is 48.7 Å². The third-order valence-corrected chi connectivity index (χ3v) is 4.19. The van der Waals surface area contributed by atoms with Gasteiger partial charge in [0.15, 0.2) is 0 Å². The van der Waals surface area contributed by atoms with Crippen molar-refractivity contribution in [3.05, 3.63) is 23.9 Å². The fourth-order valence-electron chi connectivity index (χ4n) is 2.59. The van der Waals surface area contributed by atoms with Crippen LogP contribution in [0.5, 0.6) is 5.88 Å². The van der Waals surface area contributed by atoms with Gasteiger partial charge in [-0.25, -0.2) is 4.98 Å². The monoisotopic (exact) mass is 290 g/mol. The van der Waals surface area contributed by atoms with E-state index in [1.54, 1.807) is 25.4 Å². The van der Waals surface area contributed by atoms with Crippen molar-refractivity contribution in [2.75, 3.05) is 26.8 Å². The second kappa shape index (κ2) is 6.43. The molecule has 0 N–H and O–H groups in total. The number of hydrogen-bond acceptors (Lipinski definition) is 4. The van der Waals surface area contributed by atoms with E-state index in [4.69, 9.17) is 9.47 Å². The minimum atomic E-state index is 0.0470. The third kappa shape index (κ3) is 3.73. The molecule has 5 heteroatoms. The van der Waals surface area contributed by atoms with E-state index in [-0.39, 0.29) is 5.91 Å². The van der Waals surface area contributed by atoms with Crippen LogP contribution in [0.3, 0.4) is 0 Å². The second-order valence-corrected chi connectivity index (χ2v) is 5.86. The summed E-state index contributed by atoms with van der Waals surface area (Å²) in [6.45, 7) is 2.43. The lowest BCUT2D eigenvalue weighted by Crippen LogP contribution is -2.41. The van der Waals surface area contributed by atoms with Gasteiger partial charge in [-0.15, -0.1) is 0 Å². The smallest absolute Gasteiger partial charge is 0.255 e. The molecule has 0 radical (unpaired) electrons. The topological polar surface area (TPSA) is 51.7 Å². The Labute approximate surface area is 125 Å². The van der Waals surface area contributed by atoms with Gasteiger partial charge < -0.3 is 14.4 Å². The molecule has 1 aliphatic heterocycles. The minimum absolute atomic E-state index is 0.0470. The summed E-state index contributed by atoms with van der Waals surface area (Å²) in [5.74, 6) is 1.37. The summed E-state index contributed by atoms with van der Waals surface area (Å²) in [5, 5.41) is 0. The largest absolute Gasteiger partial charge is 0.481 e. The van der Waals surface area contributed by atoms with E-state index < -0.39 is 0 Å². The molecule has 1 amide bonds. The summed E-state index contributed by atoms with van der Waals surface area (Å²) in [6.07, 6.45) is 6.41. The van der Waals surface area contributed by atoms with E-state index >= 15 is 0 Å². The number of pyridine rings is 1. The van der Waals surface area contributed by atoms with Gasteiger partial charge in [0, 0.05) is 32.0 Å². The average molecular weight is 290 g/mol. The van der Waals surface area contributed by atoms with Crippen molar-refractivity contribution in [1.82, 2.24) is 9.88 Å². The molecule has 1 saturated heterocycles. The molecule has 114 valence electrons. The fourth-order valence-corrected chi connectivity index (χ4v) is 2.59. The number of piperidine rings is 1. The number of ether oxygens (including phenoxy) is 2. The molecule has 1 aromatic heterocycles. The summed E-state index contributed by atoms with van der Waals surface area (Å²) in [4.78, 5) is 18.4. The van der Waals surface area contributed by atoms with Crippen molar-refractivity contribution < 1.29 is 14.3 Å². The van der Waals surface area contributed by atoms with Crippen molar-refractivity contribution in [3.63, 3.8) is 0 Å². The number of amides is 1. The fraction of sp³-hybridized carbons (Fsp3) is 0.625. The predicted molar refractivity (Wildman–Crippen MR) is 78.4 cm³/mol. The second-order valence-electron chi connectivity index (χ2n) is 5.86. The Balaban J connectivity index is 1.49. The average Bonchev–Trinajstić information content (AvgIpc) is 3.37. The molecule has 0 atom stereocenters. The Morgan fingerprint density at radius 2 is 2.05 bits per heavy atom. The Hall–Kier alpha value is -1.62. The summed E-state index contributed by atoms with van der Waals surface area (Å²) in [5.41, 5.74) is 0.619. The molecular weight excluding hydrogens is 268 g/mol. The number of hydrogen-bond donors (Lipinski definition) is 0. The lowest BCUT2D eigenvalue weighted by atomic mass is 10.1. The quantitative estimate of drug-likeness (QED) is 0.833. The molecule has 0 bridgehead atoms. The first kappa shape index (κ1) is 14.3. The van der Waals surface area contributed by atoms with Crippen LogP contribution >= 0.6 is 0 Å². The lowest BCUT2D eigenvalue weighted by Gasteiger charge is -2.32. The molecule has 0 unspecified atom stereocenters. The first-order valence-corrected chi connectivity index (χ1v) is 7.67. The highest BCUT2D eigenvalue weighted by Crippen LogP contribution is 2.30. The zero-order valence-electron chi connectivity index (χ0n) is 12.5. The normalized spacial score (nSPS) is 19.6. The standard InChI is InChI=1S/C16H22N2O3/c1-20-15-5-4-13(10-17-15)16(19)18-8-6-14(7-9-18)21-11-12-2-3-12/h4-5,10,12,14H,2-3,6-9,11H2,1H3. The highest BCUT2D eigenvalue weighted by Gasteiger charge is 2.27. The Morgan fingerprint density at radius 3 is 2.62 bits per heavy atom. The van der Waals surface area contributed by atoms with Crippen LogP contribution in [0.15, 0.2) is 18.3 Å². The van der Waals surface area contributed by atoms with E-state index in [1.807, 2.05) is 4.90 Å². The van der Waals surface area contributed by atoms with Crippen molar-refractivity contribution in [1.29, 1.82) is 0 Å². The van der Waals surface area contributed by atoms with Gasteiger partial charge in [-0.05, 0) is 37.7 Å². The van der Waals surface area contributed by atoms with Gasteiger partial charge in [-0.1, -0.05) is 0 Å². The van der Waals surface area contributed by atoms with Crippen LogP contribution in [0.1, 0.15) is 36.0 Å². The Kier molecular flexibility index (Phi) is 4.39. The summed E-state index contributed by atoms with van der Waals surface area (Å²) in [7, 11) is 1.57. The van der Waals surface area contributed by atoms with Gasteiger partial charge in [0.25, 0.3) is 5.91 Å². The van der Waals surface area contributed by atoms with Gasteiger partial charge >= 0.3 is 0 Å². The molecule has 5 nitrogen and oxygen atoms in total. The molecule has 2 aliphatic rings. The van der Waals surface area contributed by atoms with Crippen LogP contribution in [0, 0.1) is 5.92 Å². The third-order valence-electron chi connectivity index (χ3n) is 4.19. The van der Waals surface area contributed by atoms with Crippen LogP contribution in [0.2, 0.25) is 0 Å². The highest BCUT2D eigenvalue weighted by atomic mass is 16.5. The van der Waals surface area contributed by atoms with E-state index in [1.165, 1.54) is 12.8 Å². The number of methoxy groups -OCH3 is 1. The summed E-state index contributed by atoms with van der Waals surface area (Å²) < 4.78 is 10.9. The maximum absolute atomic E-state index is 12.4. The zero-order chi connectivity index (χ0) is 14.7. The number of carbonyl (C=O) groups is 1. The van der Waals surface area contributed by atoms with Gasteiger partial charge in [-0.3, -0.25) is 4.79 Å². The molecule has 1 aromatic rings. The predicted octanol–water partition coefficient (Wildman–Crippen LogP) is 2.12. The van der Waals surface area contributed by atoms with Crippen molar-refractivity contribution in [2.24, 2.45) is 5.92 Å². The Bertz CT molecular complexity index is 477. The maximum Gasteiger partial charge on any atom is 0.255 e. The molecule has 2 heterocycles. The molecule has 3 rings (SSSR count). The molecule has 0 aromatic carbocycles. The molecule has 21 heavy (non-hydrogen) atoms. The van der Waals surface area contributed by atoms with Crippen LogP contribution in [-0.2, 0) is 4.74 Å². The van der Waals surface area contributed by atoms with E-state index in [0.717, 1.165) is 38.5 Å². The number of carbonyl (C=O) groups excluding carboxylic acids is 1. The lowest BCUT2D eigenvalue weighted by molar-refractivity contribution is 0.00410. The highest BCUT2D eigenvalue weighted by molar-refractivity contribution is 5.94.